The fourth-order valence-corrected chi connectivity index (χ4v) is 1.24. The topological polar surface area (TPSA) is 73.1 Å². The van der Waals surface area contributed by atoms with Gasteiger partial charge < -0.3 is 10.4 Å². The van der Waals surface area contributed by atoms with Gasteiger partial charge in [0, 0.05) is 12.6 Å². The second kappa shape index (κ2) is 5.79. The number of halogens is 1. The second-order valence-corrected chi connectivity index (χ2v) is 3.34. The van der Waals surface area contributed by atoms with Crippen LogP contribution in [-0.4, -0.2) is 17.6 Å². The molecular formula is C11H9ClN2O2. The van der Waals surface area contributed by atoms with Gasteiger partial charge in [-0.1, -0.05) is 17.7 Å². The van der Waals surface area contributed by atoms with E-state index in [0.29, 0.717) is 22.8 Å². The number of hydrogen-bond donors (Lipinski definition) is 2. The van der Waals surface area contributed by atoms with Crippen LogP contribution in [0.3, 0.4) is 0 Å². The van der Waals surface area contributed by atoms with E-state index < -0.39 is 5.97 Å². The van der Waals surface area contributed by atoms with Gasteiger partial charge in [-0.15, -0.1) is 0 Å². The van der Waals surface area contributed by atoms with Crippen molar-refractivity contribution in [3.05, 3.63) is 40.9 Å². The predicted octanol–water partition coefficient (Wildman–Crippen LogP) is 2.26. The number of benzene rings is 1. The molecule has 0 spiro atoms. The first kappa shape index (κ1) is 12.1. The van der Waals surface area contributed by atoms with E-state index in [1.165, 1.54) is 6.08 Å². The van der Waals surface area contributed by atoms with E-state index in [2.05, 4.69) is 5.32 Å². The fourth-order valence-electron chi connectivity index (χ4n) is 1.06. The average molecular weight is 237 g/mol. The number of carboxylic acids is 1. The Morgan fingerprint density at radius 1 is 1.62 bits per heavy atom. The van der Waals surface area contributed by atoms with Crippen LogP contribution in [-0.2, 0) is 4.79 Å². The summed E-state index contributed by atoms with van der Waals surface area (Å²) in [6.45, 7) is 0.334. The molecule has 1 aromatic carbocycles. The van der Waals surface area contributed by atoms with Crippen molar-refractivity contribution >= 4 is 23.3 Å². The molecule has 2 N–H and O–H groups in total. The third-order valence-corrected chi connectivity index (χ3v) is 2.10. The van der Waals surface area contributed by atoms with Crippen molar-refractivity contribution in [2.45, 2.75) is 0 Å². The van der Waals surface area contributed by atoms with Crippen LogP contribution in [0.4, 0.5) is 5.69 Å². The number of anilines is 1. The van der Waals surface area contributed by atoms with Gasteiger partial charge >= 0.3 is 5.97 Å². The first-order valence-corrected chi connectivity index (χ1v) is 4.84. The summed E-state index contributed by atoms with van der Waals surface area (Å²) in [5.74, 6) is -1.00. The molecule has 0 aliphatic rings. The van der Waals surface area contributed by atoms with Gasteiger partial charge in [0.1, 0.15) is 0 Å². The van der Waals surface area contributed by atoms with Crippen LogP contribution in [0.2, 0.25) is 5.02 Å². The highest BCUT2D eigenvalue weighted by atomic mass is 35.5. The molecule has 82 valence electrons. The van der Waals surface area contributed by atoms with E-state index in [-0.39, 0.29) is 0 Å². The molecule has 0 saturated carbocycles. The van der Waals surface area contributed by atoms with Gasteiger partial charge in [0.05, 0.1) is 22.3 Å². The van der Waals surface area contributed by atoms with Crippen LogP contribution in [0.25, 0.3) is 0 Å². The van der Waals surface area contributed by atoms with Gasteiger partial charge in [-0.3, -0.25) is 0 Å². The van der Waals surface area contributed by atoms with E-state index in [1.807, 2.05) is 6.07 Å². The minimum atomic E-state index is -1.00. The van der Waals surface area contributed by atoms with Crippen LogP contribution >= 0.6 is 11.6 Å². The Bertz CT molecular complexity index is 464. The second-order valence-electron chi connectivity index (χ2n) is 2.93. The number of rotatable bonds is 4. The van der Waals surface area contributed by atoms with Crippen molar-refractivity contribution in [2.75, 3.05) is 11.9 Å². The Balaban J connectivity index is 2.67. The minimum absolute atomic E-state index is 0.334. The van der Waals surface area contributed by atoms with E-state index >= 15 is 0 Å². The van der Waals surface area contributed by atoms with Crippen molar-refractivity contribution in [1.82, 2.24) is 0 Å². The SMILES string of the molecule is N#Cc1ccc(Cl)c(NC/C=C/C(=O)O)c1. The maximum atomic E-state index is 10.2. The summed E-state index contributed by atoms with van der Waals surface area (Å²) in [6.07, 6.45) is 2.49. The van der Waals surface area contributed by atoms with Gasteiger partial charge in [-0.25, -0.2) is 4.79 Å². The molecule has 0 amide bonds. The molecule has 0 saturated heterocycles. The lowest BCUT2D eigenvalue weighted by Crippen LogP contribution is -2.00. The van der Waals surface area contributed by atoms with Gasteiger partial charge in [-0.2, -0.15) is 5.26 Å². The number of carbonyl (C=O) groups is 1. The summed E-state index contributed by atoms with van der Waals surface area (Å²) in [5, 5.41) is 20.4. The summed E-state index contributed by atoms with van der Waals surface area (Å²) in [5.41, 5.74) is 1.10. The quantitative estimate of drug-likeness (QED) is 0.787. The first-order valence-electron chi connectivity index (χ1n) is 4.46. The molecule has 0 bridgehead atoms. The zero-order valence-corrected chi connectivity index (χ0v) is 9.03. The summed E-state index contributed by atoms with van der Waals surface area (Å²) >= 11 is 5.88. The zero-order chi connectivity index (χ0) is 12.0. The Morgan fingerprint density at radius 2 is 2.38 bits per heavy atom. The number of nitrogens with one attached hydrogen (secondary N) is 1. The van der Waals surface area contributed by atoms with E-state index in [4.69, 9.17) is 22.0 Å². The van der Waals surface area contributed by atoms with Crippen molar-refractivity contribution in [1.29, 1.82) is 5.26 Å². The third kappa shape index (κ3) is 3.64. The Kier molecular flexibility index (Phi) is 4.37. The van der Waals surface area contributed by atoms with Crippen molar-refractivity contribution in [3.8, 4) is 6.07 Å². The molecule has 1 aromatic rings. The molecule has 0 radical (unpaired) electrons. The molecule has 0 heterocycles. The molecule has 0 unspecified atom stereocenters. The summed E-state index contributed by atoms with van der Waals surface area (Å²) < 4.78 is 0. The zero-order valence-electron chi connectivity index (χ0n) is 8.27. The highest BCUT2D eigenvalue weighted by Crippen LogP contribution is 2.22. The maximum Gasteiger partial charge on any atom is 0.328 e. The van der Waals surface area contributed by atoms with Crippen molar-refractivity contribution in [2.24, 2.45) is 0 Å². The maximum absolute atomic E-state index is 10.2. The lowest BCUT2D eigenvalue weighted by Gasteiger charge is -2.05. The van der Waals surface area contributed by atoms with E-state index in [1.54, 1.807) is 18.2 Å². The third-order valence-electron chi connectivity index (χ3n) is 1.77. The van der Waals surface area contributed by atoms with Crippen LogP contribution in [0, 0.1) is 11.3 Å². The largest absolute Gasteiger partial charge is 0.478 e. The van der Waals surface area contributed by atoms with Crippen molar-refractivity contribution < 1.29 is 9.90 Å². The minimum Gasteiger partial charge on any atom is -0.478 e. The molecular weight excluding hydrogens is 228 g/mol. The normalized spacial score (nSPS) is 10.0. The standard InChI is InChI=1S/C11H9ClN2O2/c12-9-4-3-8(7-13)6-10(9)14-5-1-2-11(15)16/h1-4,6,14H,5H2,(H,15,16)/b2-1+. The van der Waals surface area contributed by atoms with E-state index in [9.17, 15) is 4.79 Å². The summed E-state index contributed by atoms with van der Waals surface area (Å²) in [6, 6.07) is 6.83. The number of nitriles is 1. The number of nitrogens with zero attached hydrogens (tertiary/aromatic N) is 1. The monoisotopic (exact) mass is 236 g/mol. The fraction of sp³-hybridized carbons (Fsp3) is 0.0909. The highest BCUT2D eigenvalue weighted by molar-refractivity contribution is 6.33. The van der Waals surface area contributed by atoms with Crippen LogP contribution < -0.4 is 5.32 Å². The number of hydrogen-bond acceptors (Lipinski definition) is 3. The highest BCUT2D eigenvalue weighted by Gasteiger charge is 2.00. The summed E-state index contributed by atoms with van der Waals surface area (Å²) in [4.78, 5) is 10.2. The Hall–Kier alpha value is -1.99. The molecule has 0 aliphatic heterocycles. The Morgan fingerprint density at radius 3 is 3.00 bits per heavy atom. The molecule has 0 fully saturated rings. The van der Waals surface area contributed by atoms with Crippen LogP contribution in [0.1, 0.15) is 5.56 Å². The smallest absolute Gasteiger partial charge is 0.328 e. The molecule has 16 heavy (non-hydrogen) atoms. The molecule has 0 atom stereocenters. The lowest BCUT2D eigenvalue weighted by atomic mass is 10.2. The van der Waals surface area contributed by atoms with Crippen LogP contribution in [0.5, 0.6) is 0 Å². The Labute approximate surface area is 97.8 Å². The lowest BCUT2D eigenvalue weighted by molar-refractivity contribution is -0.131. The molecule has 0 aliphatic carbocycles. The van der Waals surface area contributed by atoms with E-state index in [0.717, 1.165) is 6.08 Å². The van der Waals surface area contributed by atoms with Gasteiger partial charge in [0.25, 0.3) is 0 Å². The van der Waals surface area contributed by atoms with Gasteiger partial charge in [0.2, 0.25) is 0 Å². The van der Waals surface area contributed by atoms with Crippen LogP contribution in [0.15, 0.2) is 30.4 Å². The molecule has 1 rings (SSSR count). The average Bonchev–Trinajstić information content (AvgIpc) is 2.26. The van der Waals surface area contributed by atoms with Gasteiger partial charge in [0.15, 0.2) is 0 Å². The molecule has 4 nitrogen and oxygen atoms in total. The number of aliphatic carboxylic acids is 1. The number of carboxylic acid groups (broad SMARTS) is 1. The van der Waals surface area contributed by atoms with Crippen molar-refractivity contribution in [3.63, 3.8) is 0 Å². The van der Waals surface area contributed by atoms with Gasteiger partial charge in [-0.05, 0) is 18.2 Å². The predicted molar refractivity (Wildman–Crippen MR) is 61.4 cm³/mol. The first-order chi connectivity index (χ1) is 7.63. The molecule has 0 aromatic heterocycles. The summed E-state index contributed by atoms with van der Waals surface area (Å²) in [7, 11) is 0. The molecule has 5 heteroatoms.